The molecule has 6 nitrogen and oxygen atoms in total. The topological polar surface area (TPSA) is 72.9 Å². The van der Waals surface area contributed by atoms with Crippen LogP contribution in [-0.2, 0) is 4.79 Å². The van der Waals surface area contributed by atoms with Crippen molar-refractivity contribution in [3.8, 4) is 0 Å². The molecule has 1 aliphatic heterocycles. The van der Waals surface area contributed by atoms with Crippen LogP contribution in [-0.4, -0.2) is 65.7 Å². The van der Waals surface area contributed by atoms with Crippen LogP contribution in [0.15, 0.2) is 0 Å². The van der Waals surface area contributed by atoms with Gasteiger partial charge in [0.25, 0.3) is 0 Å². The number of carboxylic acid groups (broad SMARTS) is 1. The van der Waals surface area contributed by atoms with E-state index in [9.17, 15) is 9.59 Å². The third-order valence-corrected chi connectivity index (χ3v) is 3.95. The number of rotatable bonds is 6. The number of urea groups is 1. The van der Waals surface area contributed by atoms with Crippen LogP contribution in [0.4, 0.5) is 4.79 Å². The van der Waals surface area contributed by atoms with Crippen molar-refractivity contribution < 1.29 is 14.7 Å². The van der Waals surface area contributed by atoms with E-state index in [1.54, 1.807) is 25.8 Å². The second kappa shape index (κ2) is 7.47. The first-order chi connectivity index (χ1) is 9.36. The van der Waals surface area contributed by atoms with Crippen molar-refractivity contribution >= 4 is 12.0 Å². The Labute approximate surface area is 121 Å². The van der Waals surface area contributed by atoms with E-state index >= 15 is 0 Å². The third-order valence-electron chi connectivity index (χ3n) is 3.95. The predicted octanol–water partition coefficient (Wildman–Crippen LogP) is 1.22. The van der Waals surface area contributed by atoms with Gasteiger partial charge in [-0.3, -0.25) is 4.90 Å². The summed E-state index contributed by atoms with van der Waals surface area (Å²) in [5, 5.41) is 11.7. The number of nitrogens with one attached hydrogen (secondary N) is 1. The summed E-state index contributed by atoms with van der Waals surface area (Å²) in [6.07, 6.45) is 2.26. The Morgan fingerprint density at radius 3 is 2.60 bits per heavy atom. The Morgan fingerprint density at radius 1 is 1.45 bits per heavy atom. The summed E-state index contributed by atoms with van der Waals surface area (Å²) in [7, 11) is 1.72. The number of carbonyl (C=O) groups excluding carboxylic acids is 1. The third kappa shape index (κ3) is 4.37. The van der Waals surface area contributed by atoms with Crippen molar-refractivity contribution in [1.82, 2.24) is 15.1 Å². The number of likely N-dealkylation sites (N-methyl/N-ethyl adjacent to an activating group) is 2. The van der Waals surface area contributed by atoms with Gasteiger partial charge in [0.05, 0.1) is 0 Å². The summed E-state index contributed by atoms with van der Waals surface area (Å²) >= 11 is 0. The van der Waals surface area contributed by atoms with Gasteiger partial charge in [0, 0.05) is 19.6 Å². The molecule has 0 bridgehead atoms. The minimum Gasteiger partial charge on any atom is -0.480 e. The summed E-state index contributed by atoms with van der Waals surface area (Å²) < 4.78 is 0. The zero-order chi connectivity index (χ0) is 15.3. The fourth-order valence-electron chi connectivity index (χ4n) is 2.67. The van der Waals surface area contributed by atoms with Crippen molar-refractivity contribution in [3.63, 3.8) is 0 Å². The lowest BCUT2D eigenvalue weighted by molar-refractivity contribution is -0.140. The fourth-order valence-corrected chi connectivity index (χ4v) is 2.67. The number of hydrogen-bond acceptors (Lipinski definition) is 3. The van der Waals surface area contributed by atoms with E-state index < -0.39 is 12.0 Å². The van der Waals surface area contributed by atoms with Gasteiger partial charge in [-0.05, 0) is 31.8 Å². The van der Waals surface area contributed by atoms with Gasteiger partial charge in [0.2, 0.25) is 0 Å². The number of nitrogens with zero attached hydrogens (tertiary/aromatic N) is 2. The van der Waals surface area contributed by atoms with Crippen molar-refractivity contribution in [2.45, 2.75) is 45.7 Å². The lowest BCUT2D eigenvalue weighted by Gasteiger charge is -2.29. The van der Waals surface area contributed by atoms with E-state index in [0.717, 1.165) is 25.9 Å². The Hall–Kier alpha value is -1.30. The molecule has 1 saturated heterocycles. The van der Waals surface area contributed by atoms with E-state index in [4.69, 9.17) is 5.11 Å². The molecule has 0 saturated carbocycles. The lowest BCUT2D eigenvalue weighted by Crippen LogP contribution is -2.51. The lowest BCUT2D eigenvalue weighted by atomic mass is 10.1. The maximum Gasteiger partial charge on any atom is 0.326 e. The summed E-state index contributed by atoms with van der Waals surface area (Å²) in [5.74, 6) is -1.12. The maximum atomic E-state index is 12.1. The highest BCUT2D eigenvalue weighted by molar-refractivity contribution is 5.82. The standard InChI is InChI=1S/C14H27N3O3/c1-5-17-8-6-7-11(17)9-16(4)14(20)15-12(10(2)3)13(18)19/h10-12H,5-9H2,1-4H3,(H,15,20)(H,18,19). The minimum absolute atomic E-state index is 0.136. The highest BCUT2D eigenvalue weighted by Crippen LogP contribution is 2.17. The molecule has 1 rings (SSSR count). The fraction of sp³-hybridized carbons (Fsp3) is 0.857. The molecular weight excluding hydrogens is 258 g/mol. The maximum absolute atomic E-state index is 12.1. The van der Waals surface area contributed by atoms with E-state index in [-0.39, 0.29) is 11.9 Å². The Bertz CT molecular complexity index is 347. The number of carboxylic acids is 1. The second-order valence-electron chi connectivity index (χ2n) is 5.81. The van der Waals surface area contributed by atoms with Gasteiger partial charge >= 0.3 is 12.0 Å². The van der Waals surface area contributed by atoms with Crippen LogP contribution in [0, 0.1) is 5.92 Å². The molecule has 2 unspecified atom stereocenters. The highest BCUT2D eigenvalue weighted by atomic mass is 16.4. The summed E-state index contributed by atoms with van der Waals surface area (Å²) in [4.78, 5) is 27.1. The molecule has 20 heavy (non-hydrogen) atoms. The van der Waals surface area contributed by atoms with Crippen molar-refractivity contribution in [2.75, 3.05) is 26.7 Å². The van der Waals surface area contributed by atoms with Crippen LogP contribution in [0.5, 0.6) is 0 Å². The first kappa shape index (κ1) is 16.8. The minimum atomic E-state index is -0.988. The molecule has 2 amide bonds. The molecule has 6 heteroatoms. The van der Waals surface area contributed by atoms with E-state index in [1.165, 1.54) is 0 Å². The number of hydrogen-bond donors (Lipinski definition) is 2. The zero-order valence-corrected chi connectivity index (χ0v) is 12.9. The van der Waals surface area contributed by atoms with Crippen molar-refractivity contribution in [2.24, 2.45) is 5.92 Å². The molecule has 2 atom stereocenters. The monoisotopic (exact) mass is 285 g/mol. The van der Waals surface area contributed by atoms with Crippen LogP contribution in [0.25, 0.3) is 0 Å². The average Bonchev–Trinajstić information content (AvgIpc) is 2.81. The van der Waals surface area contributed by atoms with Crippen LogP contribution in [0.1, 0.15) is 33.6 Å². The zero-order valence-electron chi connectivity index (χ0n) is 12.9. The van der Waals surface area contributed by atoms with Gasteiger partial charge in [0.15, 0.2) is 0 Å². The first-order valence-electron chi connectivity index (χ1n) is 7.35. The predicted molar refractivity (Wildman–Crippen MR) is 77.7 cm³/mol. The largest absolute Gasteiger partial charge is 0.480 e. The smallest absolute Gasteiger partial charge is 0.326 e. The number of aliphatic carboxylic acids is 1. The van der Waals surface area contributed by atoms with Crippen LogP contribution in [0.2, 0.25) is 0 Å². The quantitative estimate of drug-likeness (QED) is 0.769. The van der Waals surface area contributed by atoms with Gasteiger partial charge in [-0.2, -0.15) is 0 Å². The van der Waals surface area contributed by atoms with Gasteiger partial charge < -0.3 is 15.3 Å². The van der Waals surface area contributed by atoms with Crippen LogP contribution >= 0.6 is 0 Å². The summed E-state index contributed by atoms with van der Waals surface area (Å²) in [6.45, 7) is 8.41. The van der Waals surface area contributed by atoms with Gasteiger partial charge in [0.1, 0.15) is 6.04 Å². The van der Waals surface area contributed by atoms with Crippen molar-refractivity contribution in [3.05, 3.63) is 0 Å². The molecule has 0 aliphatic carbocycles. The summed E-state index contributed by atoms with van der Waals surface area (Å²) in [5.41, 5.74) is 0. The highest BCUT2D eigenvalue weighted by Gasteiger charge is 2.28. The Kier molecular flexibility index (Phi) is 6.26. The molecule has 0 aromatic carbocycles. The number of amides is 2. The molecule has 0 aromatic rings. The van der Waals surface area contributed by atoms with Gasteiger partial charge in [-0.25, -0.2) is 9.59 Å². The normalized spacial score (nSPS) is 20.9. The number of carbonyl (C=O) groups is 2. The Balaban J connectivity index is 2.52. The molecule has 1 heterocycles. The Morgan fingerprint density at radius 2 is 2.10 bits per heavy atom. The van der Waals surface area contributed by atoms with Crippen LogP contribution in [0.3, 0.4) is 0 Å². The van der Waals surface area contributed by atoms with Gasteiger partial charge in [-0.1, -0.05) is 20.8 Å². The average molecular weight is 285 g/mol. The summed E-state index contributed by atoms with van der Waals surface area (Å²) in [6, 6.07) is -0.761. The number of likely N-dealkylation sites (tertiary alicyclic amines) is 1. The molecule has 0 aromatic heterocycles. The molecule has 116 valence electrons. The molecule has 0 radical (unpaired) electrons. The molecule has 1 fully saturated rings. The SMILES string of the molecule is CCN1CCCC1CN(C)C(=O)NC(C(=O)O)C(C)C. The van der Waals surface area contributed by atoms with E-state index in [2.05, 4.69) is 17.1 Å². The van der Waals surface area contributed by atoms with E-state index in [0.29, 0.717) is 12.6 Å². The first-order valence-corrected chi connectivity index (χ1v) is 7.35. The second-order valence-corrected chi connectivity index (χ2v) is 5.81. The van der Waals surface area contributed by atoms with Crippen molar-refractivity contribution in [1.29, 1.82) is 0 Å². The van der Waals surface area contributed by atoms with E-state index in [1.807, 2.05) is 0 Å². The molecule has 1 aliphatic rings. The molecular formula is C14H27N3O3. The molecule has 2 N–H and O–H groups in total. The van der Waals surface area contributed by atoms with Gasteiger partial charge in [-0.15, -0.1) is 0 Å². The molecule has 0 spiro atoms. The van der Waals surface area contributed by atoms with Crippen LogP contribution < -0.4 is 5.32 Å².